The van der Waals surface area contributed by atoms with Gasteiger partial charge in [0.2, 0.25) is 0 Å². The molecule has 1 saturated carbocycles. The van der Waals surface area contributed by atoms with Crippen LogP contribution < -0.4 is 0 Å². The Hall–Kier alpha value is -1.11. The molecule has 1 heteroatoms. The molecule has 1 aliphatic carbocycles. The third-order valence-corrected chi connectivity index (χ3v) is 3.39. The van der Waals surface area contributed by atoms with E-state index in [1.807, 2.05) is 6.07 Å². The van der Waals surface area contributed by atoms with Gasteiger partial charge in [0.1, 0.15) is 5.78 Å². The maximum Gasteiger partial charge on any atom is 0.138 e. The number of ketones is 1. The highest BCUT2D eigenvalue weighted by Crippen LogP contribution is 2.40. The molecule has 1 aromatic carbocycles. The minimum atomic E-state index is -0.00413. The Labute approximate surface area is 85.1 Å². The first-order valence-corrected chi connectivity index (χ1v) is 5.28. The molecular weight excluding hydrogens is 172 g/mol. The van der Waals surface area contributed by atoms with E-state index < -0.39 is 0 Å². The topological polar surface area (TPSA) is 17.1 Å². The lowest BCUT2D eigenvalue weighted by molar-refractivity contribution is -0.137. The molecule has 1 aromatic rings. The third-order valence-electron chi connectivity index (χ3n) is 3.39. The first-order chi connectivity index (χ1) is 6.71. The molecule has 0 saturated heterocycles. The molecule has 1 unspecified atom stereocenters. The predicted octanol–water partition coefficient (Wildman–Crippen LogP) is 2.99. The van der Waals surface area contributed by atoms with Gasteiger partial charge in [-0.15, -0.1) is 0 Å². The van der Waals surface area contributed by atoms with E-state index in [0.29, 0.717) is 5.78 Å². The van der Waals surface area contributed by atoms with E-state index in [1.54, 1.807) is 0 Å². The average Bonchev–Trinajstić information content (AvgIpc) is 2.25. The van der Waals surface area contributed by atoms with E-state index in [1.165, 1.54) is 5.56 Å². The van der Waals surface area contributed by atoms with Crippen LogP contribution in [-0.2, 0) is 11.2 Å². The lowest BCUT2D eigenvalue weighted by Gasteiger charge is -2.36. The molecule has 2 rings (SSSR count). The second-order valence-corrected chi connectivity index (χ2v) is 4.47. The van der Waals surface area contributed by atoms with Crippen LogP contribution in [0.1, 0.15) is 31.7 Å². The first kappa shape index (κ1) is 9.45. The smallest absolute Gasteiger partial charge is 0.138 e. The fourth-order valence-corrected chi connectivity index (χ4v) is 1.98. The van der Waals surface area contributed by atoms with Gasteiger partial charge in [-0.3, -0.25) is 4.79 Å². The largest absolute Gasteiger partial charge is 0.299 e. The maximum absolute atomic E-state index is 11.4. The zero-order valence-corrected chi connectivity index (χ0v) is 8.62. The Morgan fingerprint density at radius 2 is 2.00 bits per heavy atom. The summed E-state index contributed by atoms with van der Waals surface area (Å²) >= 11 is 0. The van der Waals surface area contributed by atoms with E-state index in [4.69, 9.17) is 0 Å². The first-order valence-electron chi connectivity index (χ1n) is 5.28. The van der Waals surface area contributed by atoms with Crippen LogP contribution in [0.15, 0.2) is 30.3 Å². The van der Waals surface area contributed by atoms with Crippen molar-refractivity contribution in [1.29, 1.82) is 0 Å². The van der Waals surface area contributed by atoms with Gasteiger partial charge in [-0.2, -0.15) is 0 Å². The van der Waals surface area contributed by atoms with Crippen LogP contribution >= 0.6 is 0 Å². The van der Waals surface area contributed by atoms with Crippen LogP contribution in [-0.4, -0.2) is 5.78 Å². The summed E-state index contributed by atoms with van der Waals surface area (Å²) in [5, 5.41) is 0. The number of carbonyl (C=O) groups excluding carboxylic acids is 1. The molecule has 74 valence electrons. The van der Waals surface area contributed by atoms with Crippen molar-refractivity contribution in [3.63, 3.8) is 0 Å². The lowest BCUT2D eigenvalue weighted by Crippen LogP contribution is -2.38. The van der Waals surface area contributed by atoms with E-state index >= 15 is 0 Å². The monoisotopic (exact) mass is 188 g/mol. The van der Waals surface area contributed by atoms with Gasteiger partial charge in [0, 0.05) is 11.8 Å². The van der Waals surface area contributed by atoms with Crippen molar-refractivity contribution in [3.05, 3.63) is 35.9 Å². The molecular formula is C13H16O. The highest BCUT2D eigenvalue weighted by atomic mass is 16.1. The number of hydrogen-bond acceptors (Lipinski definition) is 1. The zero-order valence-electron chi connectivity index (χ0n) is 8.62. The van der Waals surface area contributed by atoms with E-state index in [-0.39, 0.29) is 5.41 Å². The Balaban J connectivity index is 1.92. The maximum atomic E-state index is 11.4. The van der Waals surface area contributed by atoms with Crippen molar-refractivity contribution in [3.8, 4) is 0 Å². The van der Waals surface area contributed by atoms with Gasteiger partial charge >= 0.3 is 0 Å². The second-order valence-electron chi connectivity index (χ2n) is 4.47. The van der Waals surface area contributed by atoms with Crippen LogP contribution in [0.25, 0.3) is 0 Å². The fraction of sp³-hybridized carbons (Fsp3) is 0.462. The lowest BCUT2D eigenvalue weighted by atomic mass is 9.66. The van der Waals surface area contributed by atoms with Crippen molar-refractivity contribution < 1.29 is 4.79 Å². The molecule has 0 bridgehead atoms. The van der Waals surface area contributed by atoms with Crippen molar-refractivity contribution >= 4 is 5.78 Å². The van der Waals surface area contributed by atoms with Gasteiger partial charge in [0.15, 0.2) is 0 Å². The van der Waals surface area contributed by atoms with E-state index in [2.05, 4.69) is 31.2 Å². The van der Waals surface area contributed by atoms with Gasteiger partial charge in [0.25, 0.3) is 0 Å². The SMILES string of the molecule is CC1(CCc2ccccc2)CCC1=O. The van der Waals surface area contributed by atoms with Crippen molar-refractivity contribution in [2.24, 2.45) is 5.41 Å². The molecule has 0 aliphatic heterocycles. The van der Waals surface area contributed by atoms with Crippen LogP contribution in [0, 0.1) is 5.41 Å². The van der Waals surface area contributed by atoms with Gasteiger partial charge in [-0.1, -0.05) is 37.3 Å². The molecule has 0 amide bonds. The average molecular weight is 188 g/mol. The normalized spacial score (nSPS) is 25.9. The highest BCUT2D eigenvalue weighted by Gasteiger charge is 2.40. The quantitative estimate of drug-likeness (QED) is 0.712. The summed E-state index contributed by atoms with van der Waals surface area (Å²) in [5.74, 6) is 0.452. The number of hydrogen-bond donors (Lipinski definition) is 0. The van der Waals surface area contributed by atoms with Gasteiger partial charge < -0.3 is 0 Å². The van der Waals surface area contributed by atoms with Crippen LogP contribution in [0.2, 0.25) is 0 Å². The third kappa shape index (κ3) is 1.72. The Morgan fingerprint density at radius 3 is 2.50 bits per heavy atom. The van der Waals surface area contributed by atoms with Crippen LogP contribution in [0.3, 0.4) is 0 Å². The number of aryl methyl sites for hydroxylation is 1. The molecule has 1 nitrogen and oxygen atoms in total. The van der Waals surface area contributed by atoms with Crippen molar-refractivity contribution in [2.75, 3.05) is 0 Å². The number of benzene rings is 1. The summed E-state index contributed by atoms with van der Waals surface area (Å²) in [6.07, 6.45) is 3.92. The van der Waals surface area contributed by atoms with Crippen molar-refractivity contribution in [1.82, 2.24) is 0 Å². The molecule has 14 heavy (non-hydrogen) atoms. The number of carbonyl (C=O) groups is 1. The summed E-state index contributed by atoms with van der Waals surface area (Å²) < 4.78 is 0. The summed E-state index contributed by atoms with van der Waals surface area (Å²) in [5.41, 5.74) is 1.34. The summed E-state index contributed by atoms with van der Waals surface area (Å²) in [6.45, 7) is 2.10. The predicted molar refractivity (Wildman–Crippen MR) is 57.1 cm³/mol. The molecule has 0 heterocycles. The highest BCUT2D eigenvalue weighted by molar-refractivity contribution is 5.89. The Kier molecular flexibility index (Phi) is 2.40. The van der Waals surface area contributed by atoms with Crippen LogP contribution in [0.4, 0.5) is 0 Å². The minimum absolute atomic E-state index is 0.00413. The molecule has 1 atom stereocenters. The molecule has 0 aromatic heterocycles. The van der Waals surface area contributed by atoms with Gasteiger partial charge in [-0.25, -0.2) is 0 Å². The molecule has 0 N–H and O–H groups in total. The zero-order chi connectivity index (χ0) is 10.0. The van der Waals surface area contributed by atoms with Gasteiger partial charge in [0.05, 0.1) is 0 Å². The standard InChI is InChI=1S/C13H16O/c1-13(10-8-12(13)14)9-7-11-5-3-2-4-6-11/h2-6H,7-10H2,1H3. The number of rotatable bonds is 3. The summed E-state index contributed by atoms with van der Waals surface area (Å²) in [6, 6.07) is 10.4. The van der Waals surface area contributed by atoms with Crippen molar-refractivity contribution in [2.45, 2.75) is 32.6 Å². The summed E-state index contributed by atoms with van der Waals surface area (Å²) in [4.78, 5) is 11.4. The van der Waals surface area contributed by atoms with E-state index in [9.17, 15) is 4.79 Å². The van der Waals surface area contributed by atoms with Gasteiger partial charge in [-0.05, 0) is 24.8 Å². The van der Waals surface area contributed by atoms with E-state index in [0.717, 1.165) is 25.7 Å². The molecule has 1 aliphatic rings. The number of Topliss-reactive ketones (excluding diaryl/α,β-unsaturated/α-hetero) is 1. The van der Waals surface area contributed by atoms with Crippen LogP contribution in [0.5, 0.6) is 0 Å². The Bertz CT molecular complexity index is 328. The fourth-order valence-electron chi connectivity index (χ4n) is 1.98. The summed E-state index contributed by atoms with van der Waals surface area (Å²) in [7, 11) is 0. The Morgan fingerprint density at radius 1 is 1.29 bits per heavy atom. The molecule has 0 radical (unpaired) electrons. The second kappa shape index (κ2) is 3.56. The molecule has 1 fully saturated rings. The minimum Gasteiger partial charge on any atom is -0.299 e. The molecule has 0 spiro atoms.